The first kappa shape index (κ1) is 12.1. The lowest BCUT2D eigenvalue weighted by Crippen LogP contribution is -2.38. The van der Waals surface area contributed by atoms with Gasteiger partial charge in [0.05, 0.1) is 6.04 Å². The number of hydrogen-bond donors (Lipinski definition) is 3. The number of carboxylic acid groups (broad SMARTS) is 1. The van der Waals surface area contributed by atoms with Crippen molar-refractivity contribution in [3.05, 3.63) is 0 Å². The van der Waals surface area contributed by atoms with Gasteiger partial charge in [0, 0.05) is 19.4 Å². The van der Waals surface area contributed by atoms with Crippen LogP contribution in [0.1, 0.15) is 19.8 Å². The van der Waals surface area contributed by atoms with Crippen molar-refractivity contribution in [1.29, 1.82) is 0 Å². The summed E-state index contributed by atoms with van der Waals surface area (Å²) >= 11 is 0. The molecule has 0 bridgehead atoms. The molecular formula is C8H16N2O3. The summed E-state index contributed by atoms with van der Waals surface area (Å²) in [6.45, 7) is 1.81. The molecule has 0 spiro atoms. The van der Waals surface area contributed by atoms with Crippen LogP contribution in [-0.4, -0.2) is 29.4 Å². The van der Waals surface area contributed by atoms with Crippen LogP contribution in [-0.2, 0) is 9.59 Å². The maximum absolute atomic E-state index is 11.2. The molecule has 0 radical (unpaired) electrons. The zero-order valence-electron chi connectivity index (χ0n) is 7.69. The summed E-state index contributed by atoms with van der Waals surface area (Å²) in [5.74, 6) is -1.25. The highest BCUT2D eigenvalue weighted by atomic mass is 16.4. The van der Waals surface area contributed by atoms with Crippen molar-refractivity contribution < 1.29 is 14.7 Å². The first-order chi connectivity index (χ1) is 5.97. The monoisotopic (exact) mass is 188 g/mol. The van der Waals surface area contributed by atoms with Crippen molar-refractivity contribution in [2.45, 2.75) is 25.8 Å². The minimum atomic E-state index is -0.901. The van der Waals surface area contributed by atoms with Gasteiger partial charge in [-0.3, -0.25) is 9.59 Å². The fourth-order valence-corrected chi connectivity index (χ4v) is 0.997. The van der Waals surface area contributed by atoms with Crippen LogP contribution in [0, 0.1) is 5.92 Å². The van der Waals surface area contributed by atoms with E-state index in [2.05, 4.69) is 0 Å². The summed E-state index contributed by atoms with van der Waals surface area (Å²) in [5.41, 5.74) is 10.6. The van der Waals surface area contributed by atoms with Gasteiger partial charge in [-0.05, 0) is 5.92 Å². The zero-order chi connectivity index (χ0) is 10.4. The predicted molar refractivity (Wildman–Crippen MR) is 48.1 cm³/mol. The van der Waals surface area contributed by atoms with Gasteiger partial charge >= 0.3 is 5.97 Å². The smallest absolute Gasteiger partial charge is 0.303 e. The van der Waals surface area contributed by atoms with Gasteiger partial charge < -0.3 is 16.6 Å². The third-order valence-corrected chi connectivity index (χ3v) is 1.74. The molecule has 76 valence electrons. The Hall–Kier alpha value is -0.940. The van der Waals surface area contributed by atoms with Crippen LogP contribution in [0.5, 0.6) is 0 Å². The number of ketones is 1. The van der Waals surface area contributed by atoms with E-state index in [0.717, 1.165) is 0 Å². The quantitative estimate of drug-likeness (QED) is 0.513. The molecule has 0 aliphatic heterocycles. The van der Waals surface area contributed by atoms with Crippen molar-refractivity contribution in [3.63, 3.8) is 0 Å². The molecule has 0 aromatic carbocycles. The van der Waals surface area contributed by atoms with Crippen molar-refractivity contribution >= 4 is 11.8 Å². The van der Waals surface area contributed by atoms with Crippen LogP contribution in [0.4, 0.5) is 0 Å². The summed E-state index contributed by atoms with van der Waals surface area (Å²) < 4.78 is 0. The van der Waals surface area contributed by atoms with Gasteiger partial charge in [0.1, 0.15) is 0 Å². The molecule has 0 aromatic heterocycles. The second-order valence-electron chi connectivity index (χ2n) is 3.22. The fourth-order valence-electron chi connectivity index (χ4n) is 0.997. The van der Waals surface area contributed by atoms with E-state index in [4.69, 9.17) is 16.6 Å². The van der Waals surface area contributed by atoms with E-state index < -0.39 is 12.0 Å². The van der Waals surface area contributed by atoms with Crippen molar-refractivity contribution in [2.75, 3.05) is 6.54 Å². The summed E-state index contributed by atoms with van der Waals surface area (Å²) in [6, 6.07) is -0.656. The van der Waals surface area contributed by atoms with Gasteiger partial charge in [-0.1, -0.05) is 6.92 Å². The Bertz CT molecular complexity index is 194. The minimum Gasteiger partial charge on any atom is -0.481 e. The van der Waals surface area contributed by atoms with Gasteiger partial charge in [0.15, 0.2) is 5.78 Å². The summed E-state index contributed by atoms with van der Waals surface area (Å²) in [5, 5.41) is 8.43. The average Bonchev–Trinajstić information content (AvgIpc) is 2.01. The molecule has 0 heterocycles. The van der Waals surface area contributed by atoms with Crippen molar-refractivity contribution in [3.8, 4) is 0 Å². The third-order valence-electron chi connectivity index (χ3n) is 1.74. The second-order valence-corrected chi connectivity index (χ2v) is 3.22. The molecule has 0 aromatic rings. The molecule has 0 fully saturated rings. The molecule has 0 amide bonds. The third kappa shape index (κ3) is 5.32. The maximum Gasteiger partial charge on any atom is 0.303 e. The second kappa shape index (κ2) is 5.66. The number of nitrogens with two attached hydrogens (primary N) is 2. The average molecular weight is 188 g/mol. The summed E-state index contributed by atoms with van der Waals surface area (Å²) in [4.78, 5) is 21.4. The molecule has 5 heteroatoms. The van der Waals surface area contributed by atoms with Crippen LogP contribution in [0.3, 0.4) is 0 Å². The minimum absolute atomic E-state index is 0.0109. The largest absolute Gasteiger partial charge is 0.481 e. The highest BCUT2D eigenvalue weighted by molar-refractivity contribution is 5.84. The van der Waals surface area contributed by atoms with Gasteiger partial charge in [-0.15, -0.1) is 0 Å². The molecule has 0 saturated carbocycles. The van der Waals surface area contributed by atoms with Gasteiger partial charge in [0.25, 0.3) is 0 Å². The molecule has 2 atom stereocenters. The molecular weight excluding hydrogens is 172 g/mol. The first-order valence-electron chi connectivity index (χ1n) is 4.17. The predicted octanol–water partition coefficient (Wildman–Crippen LogP) is -0.658. The molecule has 0 aliphatic rings. The molecule has 0 rings (SSSR count). The van der Waals surface area contributed by atoms with Crippen LogP contribution < -0.4 is 11.5 Å². The van der Waals surface area contributed by atoms with Crippen LogP contribution in [0.15, 0.2) is 0 Å². The van der Waals surface area contributed by atoms with Gasteiger partial charge in [-0.2, -0.15) is 0 Å². The number of rotatable bonds is 6. The van der Waals surface area contributed by atoms with E-state index in [1.807, 2.05) is 0 Å². The molecule has 0 unspecified atom stereocenters. The Kier molecular flexibility index (Phi) is 5.25. The van der Waals surface area contributed by atoms with E-state index in [1.165, 1.54) is 0 Å². The number of hydrogen-bond acceptors (Lipinski definition) is 4. The zero-order valence-corrected chi connectivity index (χ0v) is 7.69. The van der Waals surface area contributed by atoms with Crippen molar-refractivity contribution in [1.82, 2.24) is 0 Å². The lowest BCUT2D eigenvalue weighted by molar-refractivity contribution is -0.138. The number of carbonyl (C=O) groups is 2. The fraction of sp³-hybridized carbons (Fsp3) is 0.750. The summed E-state index contributed by atoms with van der Waals surface area (Å²) in [6.07, 6.45) is 0.174. The Morgan fingerprint density at radius 2 is 1.92 bits per heavy atom. The molecule has 0 saturated heterocycles. The van der Waals surface area contributed by atoms with E-state index in [1.54, 1.807) is 6.92 Å². The Morgan fingerprint density at radius 1 is 1.38 bits per heavy atom. The lowest BCUT2D eigenvalue weighted by Gasteiger charge is -2.11. The van der Waals surface area contributed by atoms with Gasteiger partial charge in [0.2, 0.25) is 0 Å². The standard InChI is InChI=1S/C8H16N2O3/c1-5(3-8(12)13)2-7(11)6(10)4-9/h5-6H,2-4,9-10H2,1H3,(H,12,13)/t5-,6-/m1/s1. The van der Waals surface area contributed by atoms with E-state index in [-0.39, 0.29) is 31.1 Å². The SMILES string of the molecule is C[C@@H](CC(=O)O)CC(=O)[C@H](N)CN. The lowest BCUT2D eigenvalue weighted by atomic mass is 9.98. The van der Waals surface area contributed by atoms with Crippen molar-refractivity contribution in [2.24, 2.45) is 17.4 Å². The molecule has 5 nitrogen and oxygen atoms in total. The molecule has 13 heavy (non-hydrogen) atoms. The molecule has 0 aliphatic carbocycles. The van der Waals surface area contributed by atoms with E-state index in [9.17, 15) is 9.59 Å². The Balaban J connectivity index is 3.84. The topological polar surface area (TPSA) is 106 Å². The highest BCUT2D eigenvalue weighted by Crippen LogP contribution is 2.08. The Morgan fingerprint density at radius 3 is 2.31 bits per heavy atom. The number of carbonyl (C=O) groups excluding carboxylic acids is 1. The molecule has 5 N–H and O–H groups in total. The number of carboxylic acids is 1. The van der Waals surface area contributed by atoms with E-state index >= 15 is 0 Å². The normalized spacial score (nSPS) is 15.0. The Labute approximate surface area is 77.1 Å². The number of aliphatic carboxylic acids is 1. The first-order valence-corrected chi connectivity index (χ1v) is 4.17. The van der Waals surface area contributed by atoms with E-state index in [0.29, 0.717) is 0 Å². The van der Waals surface area contributed by atoms with Crippen LogP contribution >= 0.6 is 0 Å². The maximum atomic E-state index is 11.2. The van der Waals surface area contributed by atoms with Crippen LogP contribution in [0.25, 0.3) is 0 Å². The van der Waals surface area contributed by atoms with Crippen LogP contribution in [0.2, 0.25) is 0 Å². The number of Topliss-reactive ketones (excluding diaryl/α,β-unsaturated/α-hetero) is 1. The summed E-state index contributed by atoms with van der Waals surface area (Å²) in [7, 11) is 0. The van der Waals surface area contributed by atoms with Gasteiger partial charge in [-0.25, -0.2) is 0 Å². The highest BCUT2D eigenvalue weighted by Gasteiger charge is 2.16.